The lowest BCUT2D eigenvalue weighted by Gasteiger charge is -2.19. The summed E-state index contributed by atoms with van der Waals surface area (Å²) in [7, 11) is 0. The van der Waals surface area contributed by atoms with E-state index in [0.717, 1.165) is 19.5 Å². The van der Waals surface area contributed by atoms with Gasteiger partial charge in [-0.05, 0) is 19.4 Å². The van der Waals surface area contributed by atoms with Crippen LogP contribution in [0.5, 0.6) is 0 Å². The fraction of sp³-hybridized carbons (Fsp3) is 0.900. The van der Waals surface area contributed by atoms with Gasteiger partial charge in [0.25, 0.3) is 0 Å². The van der Waals surface area contributed by atoms with E-state index in [4.69, 9.17) is 10.8 Å². The zero-order valence-electron chi connectivity index (χ0n) is 8.83. The molecule has 1 saturated heterocycles. The Morgan fingerprint density at radius 3 is 2.79 bits per heavy atom. The van der Waals surface area contributed by atoms with E-state index in [9.17, 15) is 4.79 Å². The molecule has 1 unspecified atom stereocenters. The summed E-state index contributed by atoms with van der Waals surface area (Å²) in [6, 6.07) is 0. The molecule has 0 amide bonds. The molecule has 0 radical (unpaired) electrons. The van der Waals surface area contributed by atoms with Crippen LogP contribution in [0.4, 0.5) is 0 Å². The van der Waals surface area contributed by atoms with Gasteiger partial charge in [-0.25, -0.2) is 0 Å². The van der Waals surface area contributed by atoms with E-state index in [-0.39, 0.29) is 0 Å². The van der Waals surface area contributed by atoms with Gasteiger partial charge < -0.3 is 15.7 Å². The van der Waals surface area contributed by atoms with Crippen molar-refractivity contribution in [1.29, 1.82) is 0 Å². The van der Waals surface area contributed by atoms with E-state index < -0.39 is 11.5 Å². The van der Waals surface area contributed by atoms with Gasteiger partial charge in [-0.3, -0.25) is 4.79 Å². The molecule has 0 spiro atoms. The number of aliphatic carboxylic acids is 1. The highest BCUT2D eigenvalue weighted by Gasteiger charge is 2.40. The van der Waals surface area contributed by atoms with Gasteiger partial charge in [0.1, 0.15) is 5.54 Å². The number of unbranched alkanes of at least 4 members (excludes halogenated alkanes) is 2. The highest BCUT2D eigenvalue weighted by Crippen LogP contribution is 2.19. The van der Waals surface area contributed by atoms with Crippen LogP contribution in [0.25, 0.3) is 0 Å². The number of hydrogen-bond donors (Lipinski definition) is 2. The number of hydrogen-bond acceptors (Lipinski definition) is 3. The van der Waals surface area contributed by atoms with E-state index in [2.05, 4.69) is 11.8 Å². The Labute approximate surface area is 85.1 Å². The molecule has 1 fully saturated rings. The molecule has 3 N–H and O–H groups in total. The zero-order valence-corrected chi connectivity index (χ0v) is 8.83. The Morgan fingerprint density at radius 1 is 1.57 bits per heavy atom. The number of carboxylic acid groups (broad SMARTS) is 1. The Bertz CT molecular complexity index is 208. The first-order valence-electron chi connectivity index (χ1n) is 5.33. The third kappa shape index (κ3) is 2.69. The fourth-order valence-electron chi connectivity index (χ4n) is 1.87. The summed E-state index contributed by atoms with van der Waals surface area (Å²) in [4.78, 5) is 13.0. The first-order valence-corrected chi connectivity index (χ1v) is 5.33. The average molecular weight is 200 g/mol. The molecular formula is C10H20N2O2. The largest absolute Gasteiger partial charge is 0.480 e. The molecule has 0 aromatic carbocycles. The summed E-state index contributed by atoms with van der Waals surface area (Å²) in [6.45, 7) is 4.48. The smallest absolute Gasteiger partial charge is 0.325 e. The van der Waals surface area contributed by atoms with Crippen LogP contribution in [0, 0.1) is 0 Å². The summed E-state index contributed by atoms with van der Waals surface area (Å²) < 4.78 is 0. The van der Waals surface area contributed by atoms with Crippen molar-refractivity contribution in [2.24, 2.45) is 5.73 Å². The lowest BCUT2D eigenvalue weighted by molar-refractivity contribution is -0.142. The molecule has 4 nitrogen and oxygen atoms in total. The van der Waals surface area contributed by atoms with Crippen molar-refractivity contribution in [1.82, 2.24) is 4.90 Å². The van der Waals surface area contributed by atoms with E-state index in [1.165, 1.54) is 12.8 Å². The van der Waals surface area contributed by atoms with Crippen molar-refractivity contribution in [2.45, 2.75) is 38.1 Å². The molecular weight excluding hydrogens is 180 g/mol. The first-order chi connectivity index (χ1) is 6.58. The second kappa shape index (κ2) is 4.75. The molecule has 1 atom stereocenters. The van der Waals surface area contributed by atoms with Crippen LogP contribution in [0.15, 0.2) is 0 Å². The fourth-order valence-corrected chi connectivity index (χ4v) is 1.87. The molecule has 82 valence electrons. The summed E-state index contributed by atoms with van der Waals surface area (Å²) in [5.74, 6) is -0.865. The van der Waals surface area contributed by atoms with Gasteiger partial charge >= 0.3 is 5.97 Å². The van der Waals surface area contributed by atoms with Gasteiger partial charge in [0.15, 0.2) is 0 Å². The second-order valence-corrected chi connectivity index (χ2v) is 4.19. The van der Waals surface area contributed by atoms with Gasteiger partial charge in [0.2, 0.25) is 0 Å². The molecule has 0 bridgehead atoms. The Kier molecular flexibility index (Phi) is 3.89. The van der Waals surface area contributed by atoms with Crippen LogP contribution in [0.1, 0.15) is 32.6 Å². The van der Waals surface area contributed by atoms with Crippen molar-refractivity contribution < 1.29 is 9.90 Å². The van der Waals surface area contributed by atoms with Crippen LogP contribution in [-0.2, 0) is 4.79 Å². The van der Waals surface area contributed by atoms with Crippen LogP contribution in [-0.4, -0.2) is 41.1 Å². The topological polar surface area (TPSA) is 66.6 Å². The van der Waals surface area contributed by atoms with Crippen molar-refractivity contribution >= 4 is 5.97 Å². The standard InChI is InChI=1S/C10H20N2O2/c1-2-3-4-6-12-7-5-10(11,8-12)9(13)14/h2-8,11H2,1H3,(H,13,14). The minimum absolute atomic E-state index is 0.506. The maximum Gasteiger partial charge on any atom is 0.325 e. The first kappa shape index (κ1) is 11.5. The minimum Gasteiger partial charge on any atom is -0.480 e. The monoisotopic (exact) mass is 200 g/mol. The third-order valence-electron chi connectivity index (χ3n) is 2.88. The molecule has 1 aliphatic rings. The van der Waals surface area contributed by atoms with E-state index in [1.807, 2.05) is 0 Å². The predicted molar refractivity (Wildman–Crippen MR) is 55.1 cm³/mol. The molecule has 0 saturated carbocycles. The summed E-state index contributed by atoms with van der Waals surface area (Å²) in [5.41, 5.74) is 4.76. The zero-order chi connectivity index (χ0) is 10.6. The number of carboxylic acids is 1. The van der Waals surface area contributed by atoms with Gasteiger partial charge in [-0.1, -0.05) is 19.8 Å². The number of nitrogens with zero attached hydrogens (tertiary/aromatic N) is 1. The van der Waals surface area contributed by atoms with E-state index in [0.29, 0.717) is 13.0 Å². The summed E-state index contributed by atoms with van der Waals surface area (Å²) >= 11 is 0. The van der Waals surface area contributed by atoms with Crippen LogP contribution in [0.3, 0.4) is 0 Å². The quantitative estimate of drug-likeness (QED) is 0.640. The predicted octanol–water partition coefficient (Wildman–Crippen LogP) is 0.664. The molecule has 0 aliphatic carbocycles. The van der Waals surface area contributed by atoms with Crippen molar-refractivity contribution in [3.63, 3.8) is 0 Å². The number of nitrogens with two attached hydrogens (primary N) is 1. The average Bonchev–Trinajstić information content (AvgIpc) is 2.50. The molecule has 4 heteroatoms. The maximum absolute atomic E-state index is 10.8. The molecule has 0 aromatic rings. The molecule has 1 heterocycles. The Morgan fingerprint density at radius 2 is 2.29 bits per heavy atom. The lowest BCUT2D eigenvalue weighted by Crippen LogP contribution is -2.50. The molecule has 0 aromatic heterocycles. The highest BCUT2D eigenvalue weighted by molar-refractivity contribution is 5.79. The summed E-state index contributed by atoms with van der Waals surface area (Å²) in [6.07, 6.45) is 4.13. The SMILES string of the molecule is CCCCCN1CCC(N)(C(=O)O)C1. The van der Waals surface area contributed by atoms with Gasteiger partial charge in [0, 0.05) is 13.1 Å². The van der Waals surface area contributed by atoms with Gasteiger partial charge in [0.05, 0.1) is 0 Å². The van der Waals surface area contributed by atoms with E-state index in [1.54, 1.807) is 0 Å². The third-order valence-corrected chi connectivity index (χ3v) is 2.88. The minimum atomic E-state index is -0.994. The number of likely N-dealkylation sites (tertiary alicyclic amines) is 1. The number of rotatable bonds is 5. The lowest BCUT2D eigenvalue weighted by atomic mass is 10.0. The van der Waals surface area contributed by atoms with Crippen LogP contribution >= 0.6 is 0 Å². The second-order valence-electron chi connectivity index (χ2n) is 4.19. The van der Waals surface area contributed by atoms with Crippen molar-refractivity contribution in [2.75, 3.05) is 19.6 Å². The summed E-state index contributed by atoms with van der Waals surface area (Å²) in [5, 5.41) is 8.91. The van der Waals surface area contributed by atoms with Crippen LogP contribution in [0.2, 0.25) is 0 Å². The van der Waals surface area contributed by atoms with Gasteiger partial charge in [-0.15, -0.1) is 0 Å². The van der Waals surface area contributed by atoms with Crippen molar-refractivity contribution in [3.8, 4) is 0 Å². The maximum atomic E-state index is 10.8. The normalized spacial score (nSPS) is 28.1. The van der Waals surface area contributed by atoms with E-state index >= 15 is 0 Å². The molecule has 14 heavy (non-hydrogen) atoms. The Hall–Kier alpha value is -0.610. The van der Waals surface area contributed by atoms with Gasteiger partial charge in [-0.2, -0.15) is 0 Å². The highest BCUT2D eigenvalue weighted by atomic mass is 16.4. The number of carbonyl (C=O) groups is 1. The van der Waals surface area contributed by atoms with Crippen molar-refractivity contribution in [3.05, 3.63) is 0 Å². The van der Waals surface area contributed by atoms with Crippen LogP contribution < -0.4 is 5.73 Å². The molecule has 1 rings (SSSR count). The Balaban J connectivity index is 2.30. The molecule has 1 aliphatic heterocycles.